The number of aryl methyl sites for hydroxylation is 1. The van der Waals surface area contributed by atoms with Crippen LogP contribution in [0.4, 0.5) is 4.39 Å². The minimum absolute atomic E-state index is 0.298. The summed E-state index contributed by atoms with van der Waals surface area (Å²) in [5.41, 5.74) is 3.38. The SMILES string of the molecule is Cc1ccc2nc(-c3cccc(Br)c3F)[nH]c2c1. The Kier molecular flexibility index (Phi) is 2.67. The number of hydrogen-bond acceptors (Lipinski definition) is 1. The standard InChI is InChI=1S/C14H10BrFN2/c1-8-5-6-11-12(7-8)18-14(17-11)9-3-2-4-10(15)13(9)16/h2-7H,1H3,(H,17,18). The second kappa shape index (κ2) is 4.21. The first-order chi connectivity index (χ1) is 8.65. The van der Waals surface area contributed by atoms with Crippen LogP contribution in [0.2, 0.25) is 0 Å². The fraction of sp³-hybridized carbons (Fsp3) is 0.0714. The Bertz CT molecular complexity index is 734. The van der Waals surface area contributed by atoms with Crippen molar-refractivity contribution < 1.29 is 4.39 Å². The number of imidazole rings is 1. The lowest BCUT2D eigenvalue weighted by Gasteiger charge is -2.00. The summed E-state index contributed by atoms with van der Waals surface area (Å²) in [4.78, 5) is 7.56. The van der Waals surface area contributed by atoms with Gasteiger partial charge in [-0.3, -0.25) is 0 Å². The number of H-pyrrole nitrogens is 1. The molecule has 2 nitrogen and oxygen atoms in total. The molecule has 0 saturated heterocycles. The first kappa shape index (κ1) is 11.4. The topological polar surface area (TPSA) is 28.7 Å². The summed E-state index contributed by atoms with van der Waals surface area (Å²) in [5.74, 6) is 0.252. The van der Waals surface area contributed by atoms with E-state index in [1.165, 1.54) is 0 Å². The predicted octanol–water partition coefficient (Wildman–Crippen LogP) is 4.44. The minimum atomic E-state index is -0.298. The molecule has 3 aromatic rings. The maximum absolute atomic E-state index is 14.0. The Morgan fingerprint density at radius 1 is 1.22 bits per heavy atom. The lowest BCUT2D eigenvalue weighted by molar-refractivity contribution is 0.623. The molecule has 0 spiro atoms. The normalized spacial score (nSPS) is 11.1. The van der Waals surface area contributed by atoms with Crippen molar-refractivity contribution >= 4 is 27.0 Å². The van der Waals surface area contributed by atoms with Crippen molar-refractivity contribution in [2.45, 2.75) is 6.92 Å². The van der Waals surface area contributed by atoms with E-state index in [1.807, 2.05) is 25.1 Å². The van der Waals surface area contributed by atoms with Gasteiger partial charge in [0.05, 0.1) is 21.1 Å². The summed E-state index contributed by atoms with van der Waals surface area (Å²) in [7, 11) is 0. The monoisotopic (exact) mass is 304 g/mol. The first-order valence-electron chi connectivity index (χ1n) is 5.56. The van der Waals surface area contributed by atoms with Crippen LogP contribution in [0.25, 0.3) is 22.4 Å². The number of nitrogens with one attached hydrogen (secondary N) is 1. The molecule has 0 aliphatic heterocycles. The highest BCUT2D eigenvalue weighted by Crippen LogP contribution is 2.27. The Morgan fingerprint density at radius 2 is 2.06 bits per heavy atom. The van der Waals surface area contributed by atoms with E-state index in [-0.39, 0.29) is 5.82 Å². The van der Waals surface area contributed by atoms with E-state index in [2.05, 4.69) is 25.9 Å². The third kappa shape index (κ3) is 1.82. The van der Waals surface area contributed by atoms with Gasteiger partial charge in [0.2, 0.25) is 0 Å². The molecule has 0 amide bonds. The summed E-state index contributed by atoms with van der Waals surface area (Å²) < 4.78 is 14.4. The third-order valence-electron chi connectivity index (χ3n) is 2.84. The average molecular weight is 305 g/mol. The average Bonchev–Trinajstić information content (AvgIpc) is 2.75. The molecule has 0 aliphatic rings. The number of aromatic nitrogens is 2. The molecule has 4 heteroatoms. The van der Waals surface area contributed by atoms with Crippen molar-refractivity contribution in [3.8, 4) is 11.4 Å². The van der Waals surface area contributed by atoms with E-state index < -0.39 is 0 Å². The second-order valence-corrected chi connectivity index (χ2v) is 5.06. The van der Waals surface area contributed by atoms with Crippen molar-refractivity contribution in [1.82, 2.24) is 9.97 Å². The fourth-order valence-electron chi connectivity index (χ4n) is 1.94. The van der Waals surface area contributed by atoms with Crippen LogP contribution in [0.3, 0.4) is 0 Å². The lowest BCUT2D eigenvalue weighted by atomic mass is 10.2. The highest BCUT2D eigenvalue weighted by atomic mass is 79.9. The van der Waals surface area contributed by atoms with Gasteiger partial charge in [0.1, 0.15) is 11.6 Å². The van der Waals surface area contributed by atoms with Gasteiger partial charge in [-0.2, -0.15) is 0 Å². The number of fused-ring (bicyclic) bond motifs is 1. The maximum Gasteiger partial charge on any atom is 0.148 e. The van der Waals surface area contributed by atoms with Crippen LogP contribution < -0.4 is 0 Å². The van der Waals surface area contributed by atoms with Crippen LogP contribution in [0, 0.1) is 12.7 Å². The summed E-state index contributed by atoms with van der Waals surface area (Å²) >= 11 is 3.18. The highest BCUT2D eigenvalue weighted by Gasteiger charge is 2.12. The van der Waals surface area contributed by atoms with Crippen LogP contribution in [-0.2, 0) is 0 Å². The van der Waals surface area contributed by atoms with Crippen molar-refractivity contribution in [3.63, 3.8) is 0 Å². The van der Waals surface area contributed by atoms with Crippen molar-refractivity contribution in [2.75, 3.05) is 0 Å². The zero-order valence-electron chi connectivity index (χ0n) is 9.67. The minimum Gasteiger partial charge on any atom is -0.338 e. The predicted molar refractivity (Wildman–Crippen MR) is 73.9 cm³/mol. The van der Waals surface area contributed by atoms with Crippen LogP contribution >= 0.6 is 15.9 Å². The number of benzene rings is 2. The summed E-state index contributed by atoms with van der Waals surface area (Å²) in [6.07, 6.45) is 0. The molecule has 18 heavy (non-hydrogen) atoms. The quantitative estimate of drug-likeness (QED) is 0.707. The molecule has 3 rings (SSSR count). The van der Waals surface area contributed by atoms with Gasteiger partial charge in [0.25, 0.3) is 0 Å². The molecule has 0 fully saturated rings. The van der Waals surface area contributed by atoms with E-state index in [1.54, 1.807) is 18.2 Å². The molecule has 0 radical (unpaired) electrons. The molecule has 1 heterocycles. The molecule has 1 aromatic heterocycles. The highest BCUT2D eigenvalue weighted by molar-refractivity contribution is 9.10. The van der Waals surface area contributed by atoms with Gasteiger partial charge in [-0.05, 0) is 52.7 Å². The summed E-state index contributed by atoms with van der Waals surface area (Å²) in [6, 6.07) is 11.1. The van der Waals surface area contributed by atoms with Gasteiger partial charge in [-0.15, -0.1) is 0 Å². The van der Waals surface area contributed by atoms with Crippen molar-refractivity contribution in [1.29, 1.82) is 0 Å². The van der Waals surface area contributed by atoms with Crippen molar-refractivity contribution in [2.24, 2.45) is 0 Å². The number of aromatic amines is 1. The second-order valence-electron chi connectivity index (χ2n) is 4.21. The molecule has 0 unspecified atom stereocenters. The van der Waals surface area contributed by atoms with Gasteiger partial charge in [0, 0.05) is 0 Å². The Hall–Kier alpha value is -1.68. The third-order valence-corrected chi connectivity index (χ3v) is 3.46. The van der Waals surface area contributed by atoms with Gasteiger partial charge < -0.3 is 4.98 Å². The Labute approximate surface area is 112 Å². The molecule has 2 aromatic carbocycles. The Balaban J connectivity index is 2.22. The van der Waals surface area contributed by atoms with E-state index in [0.29, 0.717) is 15.9 Å². The van der Waals surface area contributed by atoms with E-state index in [0.717, 1.165) is 16.6 Å². The van der Waals surface area contributed by atoms with Gasteiger partial charge in [-0.1, -0.05) is 12.1 Å². The van der Waals surface area contributed by atoms with Gasteiger partial charge in [0.15, 0.2) is 0 Å². The smallest absolute Gasteiger partial charge is 0.148 e. The molecule has 90 valence electrons. The van der Waals surface area contributed by atoms with Crippen LogP contribution in [0.15, 0.2) is 40.9 Å². The summed E-state index contributed by atoms with van der Waals surface area (Å²) in [5, 5.41) is 0. The molecule has 0 bridgehead atoms. The number of halogens is 2. The van der Waals surface area contributed by atoms with Gasteiger partial charge in [-0.25, -0.2) is 9.37 Å². The lowest BCUT2D eigenvalue weighted by Crippen LogP contribution is -1.87. The molecule has 0 aliphatic carbocycles. The van der Waals surface area contributed by atoms with E-state index in [4.69, 9.17) is 0 Å². The zero-order chi connectivity index (χ0) is 12.7. The molecule has 1 N–H and O–H groups in total. The van der Waals surface area contributed by atoms with Crippen LogP contribution in [-0.4, -0.2) is 9.97 Å². The number of rotatable bonds is 1. The van der Waals surface area contributed by atoms with Crippen LogP contribution in [0.1, 0.15) is 5.56 Å². The fourth-order valence-corrected chi connectivity index (χ4v) is 2.30. The number of hydrogen-bond donors (Lipinski definition) is 1. The first-order valence-corrected chi connectivity index (χ1v) is 6.35. The number of nitrogens with zero attached hydrogens (tertiary/aromatic N) is 1. The Morgan fingerprint density at radius 3 is 2.89 bits per heavy atom. The van der Waals surface area contributed by atoms with Gasteiger partial charge >= 0.3 is 0 Å². The maximum atomic E-state index is 14.0. The molecular formula is C14H10BrFN2. The van der Waals surface area contributed by atoms with Crippen molar-refractivity contribution in [3.05, 3.63) is 52.3 Å². The van der Waals surface area contributed by atoms with E-state index in [9.17, 15) is 4.39 Å². The molecular weight excluding hydrogens is 295 g/mol. The zero-order valence-corrected chi connectivity index (χ0v) is 11.3. The van der Waals surface area contributed by atoms with E-state index >= 15 is 0 Å². The summed E-state index contributed by atoms with van der Waals surface area (Å²) in [6.45, 7) is 2.01. The largest absolute Gasteiger partial charge is 0.338 e. The molecule has 0 atom stereocenters. The van der Waals surface area contributed by atoms with Crippen LogP contribution in [0.5, 0.6) is 0 Å². The molecule has 0 saturated carbocycles.